The number of hydrogen-bond donors (Lipinski definition) is 2. The van der Waals surface area contributed by atoms with Crippen LogP contribution in [-0.2, 0) is 9.53 Å². The molecule has 0 aromatic heterocycles. The second-order valence-electron chi connectivity index (χ2n) is 27.7. The van der Waals surface area contributed by atoms with Gasteiger partial charge in [0.25, 0.3) is 0 Å². The van der Waals surface area contributed by atoms with Gasteiger partial charge in [0, 0.05) is 0 Å². The molecule has 1 aliphatic heterocycles. The van der Waals surface area contributed by atoms with Crippen molar-refractivity contribution in [1.82, 2.24) is 0 Å². The number of carboxylic acids is 1. The maximum absolute atomic E-state index is 11.9. The number of carbonyl (C=O) groups is 1. The molecule has 0 bridgehead atoms. The van der Waals surface area contributed by atoms with Gasteiger partial charge < -0.3 is 14.9 Å². The van der Waals surface area contributed by atoms with Crippen LogP contribution in [0.4, 0.5) is 0 Å². The average molecular weight is 1140 g/mol. The van der Waals surface area contributed by atoms with Gasteiger partial charge in [0.2, 0.25) is 0 Å². The zero-order valence-electron chi connectivity index (χ0n) is 56.2. The van der Waals surface area contributed by atoms with Crippen molar-refractivity contribution >= 4 is 5.97 Å². The van der Waals surface area contributed by atoms with Crippen LogP contribution in [0.5, 0.6) is 0 Å². The summed E-state index contributed by atoms with van der Waals surface area (Å²) in [6.45, 7) is 7.06. The Labute approximate surface area is 510 Å². The van der Waals surface area contributed by atoms with Crippen LogP contribution in [0.1, 0.15) is 457 Å². The highest BCUT2D eigenvalue weighted by atomic mass is 16.6. The van der Waals surface area contributed by atoms with E-state index in [9.17, 15) is 15.0 Å². The van der Waals surface area contributed by atoms with E-state index in [4.69, 9.17) is 4.74 Å². The highest BCUT2D eigenvalue weighted by Gasteiger charge is 2.41. The van der Waals surface area contributed by atoms with E-state index in [1.165, 1.54) is 398 Å². The maximum atomic E-state index is 11.9. The van der Waals surface area contributed by atoms with Gasteiger partial charge in [0.15, 0.2) is 0 Å². The third-order valence-corrected chi connectivity index (χ3v) is 19.6. The second-order valence-corrected chi connectivity index (χ2v) is 27.7. The summed E-state index contributed by atoms with van der Waals surface area (Å²) < 4.78 is 6.14. The average Bonchev–Trinajstić information content (AvgIpc) is 4.32. The lowest BCUT2D eigenvalue weighted by atomic mass is 9.91. The molecule has 0 spiro atoms. The Morgan fingerprint density at radius 2 is 0.494 bits per heavy atom. The van der Waals surface area contributed by atoms with E-state index in [1.54, 1.807) is 0 Å². The second kappa shape index (κ2) is 65.4. The fourth-order valence-corrected chi connectivity index (χ4v) is 13.7. The Balaban J connectivity index is 1.72. The number of aliphatic carboxylic acids is 1. The van der Waals surface area contributed by atoms with Crippen LogP contribution in [0, 0.1) is 11.8 Å². The smallest absolute Gasteiger partial charge is 0.309 e. The van der Waals surface area contributed by atoms with Crippen LogP contribution >= 0.6 is 0 Å². The van der Waals surface area contributed by atoms with Crippen molar-refractivity contribution in [3.8, 4) is 0 Å². The molecule has 1 aliphatic rings. The van der Waals surface area contributed by atoms with E-state index in [0.717, 1.165) is 31.6 Å². The molecule has 5 atom stereocenters. The Morgan fingerprint density at radius 1 is 0.296 bits per heavy atom. The summed E-state index contributed by atoms with van der Waals surface area (Å²) in [6, 6.07) is 0. The first-order valence-electron chi connectivity index (χ1n) is 38.6. The van der Waals surface area contributed by atoms with Crippen molar-refractivity contribution in [2.75, 3.05) is 0 Å². The van der Waals surface area contributed by atoms with Gasteiger partial charge in [-0.05, 0) is 31.6 Å². The van der Waals surface area contributed by atoms with E-state index in [-0.39, 0.29) is 0 Å². The molecule has 1 saturated heterocycles. The lowest BCUT2D eigenvalue weighted by Gasteiger charge is -2.19. The molecule has 0 amide bonds. The van der Waals surface area contributed by atoms with Gasteiger partial charge in [-0.2, -0.15) is 0 Å². The van der Waals surface area contributed by atoms with Gasteiger partial charge in [0.05, 0.1) is 24.2 Å². The summed E-state index contributed by atoms with van der Waals surface area (Å²) >= 11 is 0. The third kappa shape index (κ3) is 58.2. The number of epoxide rings is 1. The first kappa shape index (κ1) is 78.4. The monoisotopic (exact) mass is 1140 g/mol. The molecule has 0 aromatic carbocycles. The standard InChI is InChI=1S/C77H152O4/c1-4-6-8-10-12-14-16-18-20-22-37-41-45-49-53-57-61-65-69-73(77(79)80)74(78)70-66-62-58-54-50-46-42-38-35-33-31-29-27-25-23-24-26-28-30-32-34-36-39-43-47-51-55-59-63-67-71-75-76(81-75)72(3)68-64-60-56-52-48-44-40-21-19-17-15-13-11-9-7-5-2/h72-76,78H,4-71H2,1-3H3,(H,79,80). The predicted octanol–water partition coefficient (Wildman–Crippen LogP) is 27.0. The van der Waals surface area contributed by atoms with Gasteiger partial charge in [-0.3, -0.25) is 4.79 Å². The summed E-state index contributed by atoms with van der Waals surface area (Å²) in [6.07, 6.45) is 93.8. The Hall–Kier alpha value is -0.610. The Morgan fingerprint density at radius 3 is 0.728 bits per heavy atom. The quantitative estimate of drug-likeness (QED) is 0.0470. The van der Waals surface area contributed by atoms with E-state index in [0.29, 0.717) is 25.0 Å². The zero-order valence-corrected chi connectivity index (χ0v) is 56.2. The lowest BCUT2D eigenvalue weighted by Crippen LogP contribution is -2.28. The molecule has 2 N–H and O–H groups in total. The number of unbranched alkanes of at least 4 members (excludes halogenated alkanes) is 61. The molecule has 1 fully saturated rings. The molecule has 1 heterocycles. The van der Waals surface area contributed by atoms with Gasteiger partial charge >= 0.3 is 5.97 Å². The number of aliphatic hydroxyl groups excluding tert-OH is 1. The highest BCUT2D eigenvalue weighted by Crippen LogP contribution is 2.36. The fourth-order valence-electron chi connectivity index (χ4n) is 13.7. The topological polar surface area (TPSA) is 70.1 Å². The van der Waals surface area contributed by atoms with Crippen molar-refractivity contribution < 1.29 is 19.7 Å². The molecule has 1 rings (SSSR count). The van der Waals surface area contributed by atoms with E-state index in [2.05, 4.69) is 20.8 Å². The van der Waals surface area contributed by atoms with Crippen molar-refractivity contribution in [3.05, 3.63) is 0 Å². The molecule has 5 unspecified atom stereocenters. The van der Waals surface area contributed by atoms with Crippen LogP contribution in [0.3, 0.4) is 0 Å². The molecule has 81 heavy (non-hydrogen) atoms. The predicted molar refractivity (Wildman–Crippen MR) is 360 cm³/mol. The van der Waals surface area contributed by atoms with Crippen molar-refractivity contribution in [1.29, 1.82) is 0 Å². The van der Waals surface area contributed by atoms with E-state index < -0.39 is 18.0 Å². The first-order valence-corrected chi connectivity index (χ1v) is 38.6. The van der Waals surface area contributed by atoms with E-state index in [1.807, 2.05) is 0 Å². The minimum absolute atomic E-state index is 0.582. The van der Waals surface area contributed by atoms with Crippen LogP contribution in [0.2, 0.25) is 0 Å². The summed E-state index contributed by atoms with van der Waals surface area (Å²) in [7, 11) is 0. The van der Waals surface area contributed by atoms with E-state index >= 15 is 0 Å². The molecule has 484 valence electrons. The summed E-state index contributed by atoms with van der Waals surface area (Å²) in [5.41, 5.74) is 0. The first-order chi connectivity index (χ1) is 40.0. The Kier molecular flexibility index (Phi) is 63.3. The number of hydrogen-bond acceptors (Lipinski definition) is 3. The third-order valence-electron chi connectivity index (χ3n) is 19.6. The molecule has 0 aromatic rings. The molecule has 4 nitrogen and oxygen atoms in total. The highest BCUT2D eigenvalue weighted by molar-refractivity contribution is 5.70. The molecular formula is C77H152O4. The minimum Gasteiger partial charge on any atom is -0.481 e. The summed E-state index contributed by atoms with van der Waals surface area (Å²) in [4.78, 5) is 11.9. The Bertz CT molecular complexity index is 1190. The number of ether oxygens (including phenoxy) is 1. The minimum atomic E-state index is -0.800. The molecular weight excluding hydrogens is 989 g/mol. The van der Waals surface area contributed by atoms with Crippen LogP contribution < -0.4 is 0 Å². The summed E-state index contributed by atoms with van der Waals surface area (Å²) in [5, 5.41) is 20.5. The van der Waals surface area contributed by atoms with Crippen LogP contribution in [-0.4, -0.2) is 34.5 Å². The van der Waals surface area contributed by atoms with Crippen molar-refractivity contribution in [2.24, 2.45) is 11.8 Å². The largest absolute Gasteiger partial charge is 0.481 e. The van der Waals surface area contributed by atoms with Crippen LogP contribution in [0.25, 0.3) is 0 Å². The normalized spacial score (nSPS) is 15.5. The van der Waals surface area contributed by atoms with Gasteiger partial charge in [-0.25, -0.2) is 0 Å². The number of rotatable bonds is 72. The molecule has 0 saturated carbocycles. The van der Waals surface area contributed by atoms with Crippen LogP contribution in [0.15, 0.2) is 0 Å². The fraction of sp³-hybridized carbons (Fsp3) is 0.987. The summed E-state index contributed by atoms with van der Waals surface area (Å²) in [5.74, 6) is -0.611. The molecule has 0 radical (unpaired) electrons. The van der Waals surface area contributed by atoms with Gasteiger partial charge in [-0.15, -0.1) is 0 Å². The number of carboxylic acid groups (broad SMARTS) is 1. The van der Waals surface area contributed by atoms with Gasteiger partial charge in [-0.1, -0.05) is 432 Å². The molecule has 4 heteroatoms. The number of aliphatic hydroxyl groups is 1. The maximum Gasteiger partial charge on any atom is 0.309 e. The zero-order chi connectivity index (χ0) is 58.3. The van der Waals surface area contributed by atoms with Gasteiger partial charge in [0.1, 0.15) is 0 Å². The van der Waals surface area contributed by atoms with Crippen molar-refractivity contribution in [2.45, 2.75) is 476 Å². The molecule has 0 aliphatic carbocycles. The SMILES string of the molecule is CCCCCCCCCCCCCCCCCCCCC(C(=O)O)C(O)CCCCCCCCCCCCCCCCCCCCCCCCCCCCCCCCC1OC1C(C)CCCCCCCCCCCCCCCCCC. The van der Waals surface area contributed by atoms with Crippen molar-refractivity contribution in [3.63, 3.8) is 0 Å². The lowest BCUT2D eigenvalue weighted by molar-refractivity contribution is -0.146.